The molecule has 2 bridgehead atoms. The second-order valence-electron chi connectivity index (χ2n) is 7.97. The molecule has 2 atom stereocenters. The maximum Gasteiger partial charge on any atom is 0.248 e. The fraction of sp³-hybridized carbons (Fsp3) is 0.409. The number of carbonyl (C=O) groups excluding carboxylic acids is 1. The summed E-state index contributed by atoms with van der Waals surface area (Å²) in [5, 5.41) is 13.1. The zero-order chi connectivity index (χ0) is 21.2. The van der Waals surface area contributed by atoms with Gasteiger partial charge in [0.1, 0.15) is 24.8 Å². The van der Waals surface area contributed by atoms with Gasteiger partial charge in [-0.2, -0.15) is 10.4 Å². The summed E-state index contributed by atoms with van der Waals surface area (Å²) in [7, 11) is 0. The summed E-state index contributed by atoms with van der Waals surface area (Å²) in [6.07, 6.45) is 7.76. The van der Waals surface area contributed by atoms with Crippen LogP contribution in [-0.4, -0.2) is 68.8 Å². The van der Waals surface area contributed by atoms with Crippen molar-refractivity contribution in [2.24, 2.45) is 0 Å². The Morgan fingerprint density at radius 1 is 1.19 bits per heavy atom. The van der Waals surface area contributed by atoms with Gasteiger partial charge >= 0.3 is 0 Å². The normalized spacial score (nSPS) is 20.2. The number of fused-ring (bicyclic) bond motifs is 3. The van der Waals surface area contributed by atoms with Crippen LogP contribution in [0.2, 0.25) is 0 Å². The summed E-state index contributed by atoms with van der Waals surface area (Å²) >= 11 is 0. The first-order chi connectivity index (χ1) is 15.2. The lowest BCUT2D eigenvalue weighted by Gasteiger charge is -2.41. The zero-order valence-corrected chi connectivity index (χ0v) is 17.1. The zero-order valence-electron chi connectivity index (χ0n) is 17.1. The van der Waals surface area contributed by atoms with E-state index in [2.05, 4.69) is 26.0 Å². The highest BCUT2D eigenvalue weighted by molar-refractivity contribution is 5.78. The SMILES string of the molecule is N#Cc1ccc(N2C3CCC2CN(C(=O)COCCc2cccn4ncnc24)C3)nc1. The van der Waals surface area contributed by atoms with Gasteiger partial charge in [0.05, 0.1) is 12.2 Å². The van der Waals surface area contributed by atoms with E-state index in [1.54, 1.807) is 16.8 Å². The number of carbonyl (C=O) groups is 1. The molecule has 5 heterocycles. The molecule has 0 N–H and O–H groups in total. The maximum atomic E-state index is 12.7. The Kier molecular flexibility index (Phi) is 5.22. The molecular weight excluding hydrogens is 394 g/mol. The van der Waals surface area contributed by atoms with Crippen molar-refractivity contribution in [3.63, 3.8) is 0 Å². The van der Waals surface area contributed by atoms with Crippen molar-refractivity contribution >= 4 is 17.4 Å². The molecule has 2 saturated heterocycles. The lowest BCUT2D eigenvalue weighted by molar-refractivity contribution is -0.137. The molecule has 0 aromatic carbocycles. The van der Waals surface area contributed by atoms with Crippen molar-refractivity contribution in [3.8, 4) is 6.07 Å². The van der Waals surface area contributed by atoms with Gasteiger partial charge in [0.15, 0.2) is 5.65 Å². The minimum Gasteiger partial charge on any atom is -0.371 e. The molecule has 2 unspecified atom stereocenters. The van der Waals surface area contributed by atoms with Crippen LogP contribution >= 0.6 is 0 Å². The summed E-state index contributed by atoms with van der Waals surface area (Å²) in [5.41, 5.74) is 2.43. The van der Waals surface area contributed by atoms with Crippen LogP contribution in [0.15, 0.2) is 43.0 Å². The number of nitriles is 1. The van der Waals surface area contributed by atoms with E-state index in [9.17, 15) is 4.79 Å². The monoisotopic (exact) mass is 417 g/mol. The highest BCUT2D eigenvalue weighted by Gasteiger charge is 2.41. The van der Waals surface area contributed by atoms with Crippen LogP contribution in [0.4, 0.5) is 5.82 Å². The number of hydrogen-bond acceptors (Lipinski definition) is 7. The summed E-state index contributed by atoms with van der Waals surface area (Å²) in [5.74, 6) is 0.919. The Labute approximate surface area is 179 Å². The van der Waals surface area contributed by atoms with Gasteiger partial charge in [-0.1, -0.05) is 6.07 Å². The quantitative estimate of drug-likeness (QED) is 0.560. The minimum atomic E-state index is 0.0324. The van der Waals surface area contributed by atoms with Crippen LogP contribution < -0.4 is 4.90 Å². The van der Waals surface area contributed by atoms with E-state index in [4.69, 9.17) is 10.00 Å². The molecule has 2 aliphatic heterocycles. The number of amides is 1. The average molecular weight is 417 g/mol. The molecule has 3 aromatic heterocycles. The number of rotatable bonds is 6. The van der Waals surface area contributed by atoms with Crippen molar-refractivity contribution in [2.45, 2.75) is 31.3 Å². The van der Waals surface area contributed by atoms with Gasteiger partial charge < -0.3 is 14.5 Å². The van der Waals surface area contributed by atoms with Crippen LogP contribution in [0.5, 0.6) is 0 Å². The summed E-state index contributed by atoms with van der Waals surface area (Å²) in [4.78, 5) is 25.7. The van der Waals surface area contributed by atoms with Crippen molar-refractivity contribution in [2.75, 3.05) is 31.2 Å². The standard InChI is InChI=1S/C22H23N7O2/c23-10-16-3-6-20(24-11-16)29-18-4-5-19(29)13-27(12-18)21(30)14-31-9-7-17-2-1-8-28-22(17)25-15-26-28/h1-3,6,8,11,15,18-19H,4-5,7,9,12-14H2. The van der Waals surface area contributed by atoms with Crippen LogP contribution in [0, 0.1) is 11.3 Å². The Balaban J connectivity index is 1.14. The molecule has 9 nitrogen and oxygen atoms in total. The number of pyridine rings is 2. The van der Waals surface area contributed by atoms with Gasteiger partial charge in [0.25, 0.3) is 0 Å². The van der Waals surface area contributed by atoms with E-state index in [1.807, 2.05) is 29.3 Å². The lowest BCUT2D eigenvalue weighted by Crippen LogP contribution is -2.56. The van der Waals surface area contributed by atoms with E-state index in [0.717, 1.165) is 29.9 Å². The average Bonchev–Trinajstić information content (AvgIpc) is 3.39. The van der Waals surface area contributed by atoms with E-state index >= 15 is 0 Å². The van der Waals surface area contributed by atoms with Gasteiger partial charge in [-0.15, -0.1) is 0 Å². The molecule has 2 fully saturated rings. The third-order valence-corrected chi connectivity index (χ3v) is 6.10. The second-order valence-corrected chi connectivity index (χ2v) is 7.97. The minimum absolute atomic E-state index is 0.0324. The molecule has 5 rings (SSSR count). The van der Waals surface area contributed by atoms with Gasteiger partial charge in [0.2, 0.25) is 5.91 Å². The van der Waals surface area contributed by atoms with Crippen LogP contribution in [0.25, 0.3) is 5.65 Å². The molecule has 31 heavy (non-hydrogen) atoms. The number of nitrogens with zero attached hydrogens (tertiary/aromatic N) is 7. The fourth-order valence-electron chi connectivity index (χ4n) is 4.62. The van der Waals surface area contributed by atoms with Gasteiger partial charge in [-0.3, -0.25) is 4.79 Å². The maximum absolute atomic E-state index is 12.7. The number of anilines is 1. The van der Waals surface area contributed by atoms with Gasteiger partial charge in [0, 0.05) is 37.6 Å². The van der Waals surface area contributed by atoms with E-state index in [0.29, 0.717) is 31.7 Å². The molecule has 0 saturated carbocycles. The van der Waals surface area contributed by atoms with E-state index < -0.39 is 0 Å². The number of hydrogen-bond donors (Lipinski definition) is 0. The Morgan fingerprint density at radius 3 is 2.77 bits per heavy atom. The Hall–Kier alpha value is -3.51. The Morgan fingerprint density at radius 2 is 2.03 bits per heavy atom. The first-order valence-corrected chi connectivity index (χ1v) is 10.5. The van der Waals surface area contributed by atoms with E-state index in [1.165, 1.54) is 6.33 Å². The molecule has 1 amide bonds. The predicted molar refractivity (Wildman–Crippen MR) is 112 cm³/mol. The molecule has 3 aromatic rings. The third kappa shape index (κ3) is 3.82. The van der Waals surface area contributed by atoms with Crippen LogP contribution in [0.3, 0.4) is 0 Å². The van der Waals surface area contributed by atoms with Gasteiger partial charge in [-0.25, -0.2) is 14.5 Å². The molecule has 158 valence electrons. The Bertz CT molecular complexity index is 1110. The number of piperazine rings is 1. The number of ether oxygens (including phenoxy) is 1. The predicted octanol–water partition coefficient (Wildman–Crippen LogP) is 1.43. The first kappa shape index (κ1) is 19.5. The molecule has 2 aliphatic rings. The molecular formula is C22H23N7O2. The van der Waals surface area contributed by atoms with Crippen molar-refractivity contribution < 1.29 is 9.53 Å². The molecule has 0 radical (unpaired) electrons. The third-order valence-electron chi connectivity index (χ3n) is 6.10. The largest absolute Gasteiger partial charge is 0.371 e. The number of aromatic nitrogens is 4. The number of likely N-dealkylation sites (tertiary alicyclic amines) is 1. The summed E-state index contributed by atoms with van der Waals surface area (Å²) < 4.78 is 7.44. The molecule has 0 aliphatic carbocycles. The summed E-state index contributed by atoms with van der Waals surface area (Å²) in [6.45, 7) is 1.91. The van der Waals surface area contributed by atoms with Crippen molar-refractivity contribution in [1.29, 1.82) is 5.26 Å². The fourth-order valence-corrected chi connectivity index (χ4v) is 4.62. The smallest absolute Gasteiger partial charge is 0.248 e. The first-order valence-electron chi connectivity index (χ1n) is 10.5. The second kappa shape index (κ2) is 8.32. The lowest BCUT2D eigenvalue weighted by atomic mass is 10.1. The molecule has 0 spiro atoms. The summed E-state index contributed by atoms with van der Waals surface area (Å²) in [6, 6.07) is 10.3. The molecule has 9 heteroatoms. The van der Waals surface area contributed by atoms with Crippen LogP contribution in [-0.2, 0) is 16.0 Å². The topological polar surface area (TPSA) is 99.7 Å². The van der Waals surface area contributed by atoms with E-state index in [-0.39, 0.29) is 24.6 Å². The van der Waals surface area contributed by atoms with Crippen LogP contribution in [0.1, 0.15) is 24.0 Å². The highest BCUT2D eigenvalue weighted by Crippen LogP contribution is 2.33. The highest BCUT2D eigenvalue weighted by atomic mass is 16.5. The van der Waals surface area contributed by atoms with Crippen molar-refractivity contribution in [3.05, 3.63) is 54.1 Å². The van der Waals surface area contributed by atoms with Gasteiger partial charge in [-0.05, 0) is 43.0 Å². The van der Waals surface area contributed by atoms with Crippen molar-refractivity contribution in [1.82, 2.24) is 24.5 Å².